The zero-order valence-electron chi connectivity index (χ0n) is 28.3. The Balaban J connectivity index is 1.43. The lowest BCUT2D eigenvalue weighted by atomic mass is 9.43. The summed E-state index contributed by atoms with van der Waals surface area (Å²) in [6, 6.07) is 0. The zero-order chi connectivity index (χ0) is 33.1. The van der Waals surface area contributed by atoms with Crippen LogP contribution >= 0.6 is 0 Å². The van der Waals surface area contributed by atoms with E-state index in [2.05, 4.69) is 20.8 Å². The maximum absolute atomic E-state index is 12.6. The quantitative estimate of drug-likeness (QED) is 0.288. The molecule has 1 aliphatic heterocycles. The van der Waals surface area contributed by atoms with Crippen molar-refractivity contribution in [3.05, 3.63) is 0 Å². The highest BCUT2D eigenvalue weighted by Crippen LogP contribution is 2.72. The molecular formula is C35H54O10. The number of aliphatic hydroxyl groups is 1. The van der Waals surface area contributed by atoms with Gasteiger partial charge in [0.15, 0.2) is 5.79 Å². The Labute approximate surface area is 267 Å². The van der Waals surface area contributed by atoms with Crippen LogP contribution in [0, 0.1) is 52.3 Å². The molecule has 10 nitrogen and oxygen atoms in total. The molecule has 0 spiro atoms. The molecule has 254 valence electrons. The Morgan fingerprint density at radius 1 is 0.911 bits per heavy atom. The van der Waals surface area contributed by atoms with Crippen LogP contribution in [0.3, 0.4) is 0 Å². The van der Waals surface area contributed by atoms with Gasteiger partial charge >= 0.3 is 23.9 Å². The fourth-order valence-electron chi connectivity index (χ4n) is 11.2. The number of carbonyl (C=O) groups is 4. The zero-order valence-corrected chi connectivity index (χ0v) is 28.3. The monoisotopic (exact) mass is 634 g/mol. The van der Waals surface area contributed by atoms with Gasteiger partial charge in [0.05, 0.1) is 6.61 Å². The smallest absolute Gasteiger partial charge is 0.302 e. The van der Waals surface area contributed by atoms with Crippen LogP contribution in [0.2, 0.25) is 0 Å². The summed E-state index contributed by atoms with van der Waals surface area (Å²) in [6.07, 6.45) is 4.61. The third kappa shape index (κ3) is 6.15. The lowest BCUT2D eigenvalue weighted by molar-refractivity contribution is -0.227. The Hall–Kier alpha value is -2.20. The number of fused-ring (bicyclic) bond motifs is 7. The van der Waals surface area contributed by atoms with Crippen molar-refractivity contribution in [1.82, 2.24) is 0 Å². The van der Waals surface area contributed by atoms with Gasteiger partial charge in [0, 0.05) is 45.4 Å². The van der Waals surface area contributed by atoms with E-state index < -0.39 is 35.5 Å². The highest BCUT2D eigenvalue weighted by atomic mass is 16.7. The maximum atomic E-state index is 12.6. The molecule has 0 aromatic carbocycles. The first kappa shape index (κ1) is 34.1. The van der Waals surface area contributed by atoms with Gasteiger partial charge in [-0.15, -0.1) is 0 Å². The van der Waals surface area contributed by atoms with Crippen LogP contribution in [0.25, 0.3) is 0 Å². The number of hydrogen-bond donors (Lipinski definition) is 1. The fraction of sp³-hybridized carbons (Fsp3) is 0.886. The van der Waals surface area contributed by atoms with Crippen LogP contribution in [-0.2, 0) is 42.9 Å². The van der Waals surface area contributed by atoms with Gasteiger partial charge in [-0.3, -0.25) is 19.2 Å². The summed E-state index contributed by atoms with van der Waals surface area (Å²) in [5.41, 5.74) is -0.523. The third-order valence-electron chi connectivity index (χ3n) is 12.8. The van der Waals surface area contributed by atoms with Crippen molar-refractivity contribution >= 4 is 23.9 Å². The van der Waals surface area contributed by atoms with Crippen molar-refractivity contribution in [2.45, 2.75) is 137 Å². The molecule has 1 heterocycles. The number of hydrogen-bond acceptors (Lipinski definition) is 10. The van der Waals surface area contributed by atoms with Crippen LogP contribution in [0.15, 0.2) is 0 Å². The molecule has 14 atom stereocenters. The van der Waals surface area contributed by atoms with Crippen molar-refractivity contribution in [2.24, 2.45) is 52.3 Å². The van der Waals surface area contributed by atoms with Crippen molar-refractivity contribution in [1.29, 1.82) is 0 Å². The molecule has 0 radical (unpaired) electrons. The first-order valence-corrected chi connectivity index (χ1v) is 17.0. The molecular weight excluding hydrogens is 580 g/mol. The number of esters is 4. The third-order valence-corrected chi connectivity index (χ3v) is 12.8. The van der Waals surface area contributed by atoms with E-state index in [1.165, 1.54) is 27.7 Å². The predicted molar refractivity (Wildman–Crippen MR) is 162 cm³/mol. The summed E-state index contributed by atoms with van der Waals surface area (Å²) < 4.78 is 29.5. The number of rotatable bonds is 8. The molecule has 5 rings (SSSR count). The van der Waals surface area contributed by atoms with E-state index in [-0.39, 0.29) is 59.7 Å². The second-order valence-electron chi connectivity index (χ2n) is 15.6. The van der Waals surface area contributed by atoms with E-state index in [0.717, 1.165) is 38.5 Å². The summed E-state index contributed by atoms with van der Waals surface area (Å²) in [5.74, 6) is -2.30. The standard InChI is InChI=1S/C35H54O10/c1-18(17-41-20(3)36)13-29(43-22(5)38)31-19(2)32-34(8)28(16-35(32,40)45-31)26-10-9-24-14-25(42-21(4)37)11-12-33(24,7)27(26)15-30(34)44-23(6)39/h18-19,24-32,40H,9-17H2,1-8H3/t18-,19+,24+,25+,26-,27+,28+,29+,30-,31+,32-,33+,34-,35+/m1/s1. The fourth-order valence-corrected chi connectivity index (χ4v) is 11.2. The molecule has 0 unspecified atom stereocenters. The molecule has 5 aliphatic rings. The van der Waals surface area contributed by atoms with Gasteiger partial charge in [-0.25, -0.2) is 0 Å². The molecule has 0 aromatic rings. The summed E-state index contributed by atoms with van der Waals surface area (Å²) in [4.78, 5) is 48.0. The maximum Gasteiger partial charge on any atom is 0.302 e. The van der Waals surface area contributed by atoms with Gasteiger partial charge in [-0.05, 0) is 85.9 Å². The molecule has 4 saturated carbocycles. The van der Waals surface area contributed by atoms with Crippen LogP contribution in [0.5, 0.6) is 0 Å². The first-order valence-electron chi connectivity index (χ1n) is 17.0. The van der Waals surface area contributed by atoms with E-state index in [0.29, 0.717) is 30.6 Å². The molecule has 0 bridgehead atoms. The highest BCUT2D eigenvalue weighted by Gasteiger charge is 2.75. The van der Waals surface area contributed by atoms with E-state index in [1.54, 1.807) is 0 Å². The molecule has 5 fully saturated rings. The minimum atomic E-state index is -1.46. The molecule has 0 amide bonds. The van der Waals surface area contributed by atoms with Gasteiger partial charge in [-0.1, -0.05) is 27.7 Å². The molecule has 0 aromatic heterocycles. The van der Waals surface area contributed by atoms with Crippen molar-refractivity contribution in [3.63, 3.8) is 0 Å². The number of carbonyl (C=O) groups excluding carboxylic acids is 4. The van der Waals surface area contributed by atoms with E-state index in [1.807, 2.05) is 6.92 Å². The molecule has 1 N–H and O–H groups in total. The average Bonchev–Trinajstić information content (AvgIpc) is 3.33. The van der Waals surface area contributed by atoms with Gasteiger partial charge < -0.3 is 28.8 Å². The second-order valence-corrected chi connectivity index (χ2v) is 15.6. The molecule has 10 heteroatoms. The Kier molecular flexibility index (Phi) is 9.44. The first-order chi connectivity index (χ1) is 21.0. The van der Waals surface area contributed by atoms with E-state index in [9.17, 15) is 24.3 Å². The summed E-state index contributed by atoms with van der Waals surface area (Å²) in [7, 11) is 0. The second kappa shape index (κ2) is 12.4. The molecule has 1 saturated heterocycles. The van der Waals surface area contributed by atoms with Gasteiger partial charge in [-0.2, -0.15) is 0 Å². The van der Waals surface area contributed by atoms with Crippen LogP contribution in [0.4, 0.5) is 0 Å². The van der Waals surface area contributed by atoms with Crippen LogP contribution < -0.4 is 0 Å². The van der Waals surface area contributed by atoms with Crippen LogP contribution in [0.1, 0.15) is 107 Å². The van der Waals surface area contributed by atoms with E-state index in [4.69, 9.17) is 23.7 Å². The summed E-state index contributed by atoms with van der Waals surface area (Å²) in [5, 5.41) is 12.4. The Morgan fingerprint density at radius 2 is 1.60 bits per heavy atom. The lowest BCUT2D eigenvalue weighted by Crippen LogP contribution is -2.60. The topological polar surface area (TPSA) is 135 Å². The van der Waals surface area contributed by atoms with Crippen LogP contribution in [-0.4, -0.2) is 65.8 Å². The van der Waals surface area contributed by atoms with Gasteiger partial charge in [0.1, 0.15) is 24.4 Å². The largest absolute Gasteiger partial charge is 0.466 e. The molecule has 4 aliphatic carbocycles. The number of ether oxygens (including phenoxy) is 5. The minimum absolute atomic E-state index is 0.0210. The summed E-state index contributed by atoms with van der Waals surface area (Å²) in [6.45, 7) is 14.4. The average molecular weight is 635 g/mol. The normalized spacial score (nSPS) is 44.7. The predicted octanol–water partition coefficient (Wildman–Crippen LogP) is 4.97. The SMILES string of the molecule is CC(=O)OC[C@H](C)C[C@H](OC(C)=O)[C@H]1O[C@@]2(O)C[C@H]3[C@@H]4CC[C@H]5C[C@@H](OC(C)=O)CC[C@]5(C)[C@H]4C[C@@H](OC(C)=O)[C@]3(C)[C@H]2[C@H]1C. The Bertz CT molecular complexity index is 1170. The van der Waals surface area contributed by atoms with Gasteiger partial charge in [0.2, 0.25) is 0 Å². The lowest BCUT2D eigenvalue weighted by Gasteiger charge is -2.62. The van der Waals surface area contributed by atoms with Crippen molar-refractivity contribution in [3.8, 4) is 0 Å². The Morgan fingerprint density at radius 3 is 2.22 bits per heavy atom. The van der Waals surface area contributed by atoms with Crippen molar-refractivity contribution in [2.75, 3.05) is 6.61 Å². The highest BCUT2D eigenvalue weighted by molar-refractivity contribution is 5.67. The van der Waals surface area contributed by atoms with Gasteiger partial charge in [0.25, 0.3) is 0 Å². The molecule has 45 heavy (non-hydrogen) atoms. The minimum Gasteiger partial charge on any atom is -0.466 e. The van der Waals surface area contributed by atoms with E-state index >= 15 is 0 Å². The van der Waals surface area contributed by atoms with Crippen molar-refractivity contribution < 1.29 is 48.0 Å². The summed E-state index contributed by atoms with van der Waals surface area (Å²) >= 11 is 0.